The van der Waals surface area contributed by atoms with Gasteiger partial charge in [-0.15, -0.1) is 11.8 Å². The van der Waals surface area contributed by atoms with Gasteiger partial charge in [0.25, 0.3) is 5.91 Å². The van der Waals surface area contributed by atoms with Crippen molar-refractivity contribution in [2.24, 2.45) is 0 Å². The number of amides is 1. The van der Waals surface area contributed by atoms with Crippen molar-refractivity contribution in [3.05, 3.63) is 54.0 Å². The molecule has 2 heterocycles. The average Bonchev–Trinajstić information content (AvgIpc) is 2.99. The number of furan rings is 1. The molecule has 1 aromatic carbocycles. The van der Waals surface area contributed by atoms with E-state index in [4.69, 9.17) is 9.15 Å². The first kappa shape index (κ1) is 17.0. The Morgan fingerprint density at radius 1 is 1.25 bits per heavy atom. The zero-order valence-electron chi connectivity index (χ0n) is 14.1. The van der Waals surface area contributed by atoms with Crippen molar-refractivity contribution in [1.29, 1.82) is 0 Å². The van der Waals surface area contributed by atoms with Gasteiger partial charge in [-0.1, -0.05) is 0 Å². The summed E-state index contributed by atoms with van der Waals surface area (Å²) < 4.78 is 11.1. The van der Waals surface area contributed by atoms with E-state index in [9.17, 15) is 4.79 Å². The predicted octanol–water partition coefficient (Wildman–Crippen LogP) is 4.39. The Morgan fingerprint density at radius 2 is 2.04 bits per heavy atom. The van der Waals surface area contributed by atoms with Crippen molar-refractivity contribution in [3.8, 4) is 5.75 Å². The van der Waals surface area contributed by atoms with E-state index >= 15 is 0 Å². The molecule has 4 nitrogen and oxygen atoms in total. The maximum absolute atomic E-state index is 12.7. The molecule has 24 heavy (non-hydrogen) atoms. The highest BCUT2D eigenvalue weighted by atomic mass is 32.2. The van der Waals surface area contributed by atoms with Crippen LogP contribution in [0.1, 0.15) is 41.6 Å². The maximum atomic E-state index is 12.7. The highest BCUT2D eigenvalue weighted by Gasteiger charge is 2.24. The van der Waals surface area contributed by atoms with Gasteiger partial charge >= 0.3 is 0 Å². The van der Waals surface area contributed by atoms with Crippen LogP contribution >= 0.6 is 11.8 Å². The maximum Gasteiger partial charge on any atom is 0.253 e. The van der Waals surface area contributed by atoms with Crippen molar-refractivity contribution in [3.63, 3.8) is 0 Å². The third-order valence-electron chi connectivity index (χ3n) is 3.96. The van der Waals surface area contributed by atoms with Crippen LogP contribution in [-0.4, -0.2) is 35.8 Å². The summed E-state index contributed by atoms with van der Waals surface area (Å²) >= 11 is 1.86. The van der Waals surface area contributed by atoms with Gasteiger partial charge < -0.3 is 14.1 Å². The monoisotopic (exact) mass is 345 g/mol. The van der Waals surface area contributed by atoms with Crippen LogP contribution in [0.3, 0.4) is 0 Å². The fraction of sp³-hybridized carbons (Fsp3) is 0.421. The molecule has 0 aliphatic carbocycles. The van der Waals surface area contributed by atoms with Crippen LogP contribution in [0.2, 0.25) is 0 Å². The molecular formula is C19H23NO3S. The molecule has 0 radical (unpaired) electrons. The third-order valence-corrected chi connectivity index (χ3v) is 5.25. The normalized spacial score (nSPS) is 18.5. The van der Waals surface area contributed by atoms with Crippen LogP contribution in [0, 0.1) is 0 Å². The molecule has 128 valence electrons. The molecule has 2 aromatic rings. The van der Waals surface area contributed by atoms with Gasteiger partial charge in [0, 0.05) is 24.4 Å². The fourth-order valence-electron chi connectivity index (χ4n) is 2.81. The predicted molar refractivity (Wildman–Crippen MR) is 96.6 cm³/mol. The molecule has 1 aromatic heterocycles. The van der Waals surface area contributed by atoms with Gasteiger partial charge in [-0.3, -0.25) is 4.79 Å². The number of rotatable bonds is 4. The Morgan fingerprint density at radius 3 is 2.71 bits per heavy atom. The summed E-state index contributed by atoms with van der Waals surface area (Å²) in [5.74, 6) is 2.81. The number of benzene rings is 1. The van der Waals surface area contributed by atoms with Crippen LogP contribution in [0.15, 0.2) is 47.1 Å². The van der Waals surface area contributed by atoms with Crippen molar-refractivity contribution < 1.29 is 13.9 Å². The van der Waals surface area contributed by atoms with Crippen LogP contribution < -0.4 is 4.74 Å². The second-order valence-electron chi connectivity index (χ2n) is 6.15. The lowest BCUT2D eigenvalue weighted by molar-refractivity contribution is 0.0766. The number of hydrogen-bond acceptors (Lipinski definition) is 4. The Balaban J connectivity index is 1.62. The van der Waals surface area contributed by atoms with Gasteiger partial charge in [0.1, 0.15) is 11.5 Å². The molecule has 3 rings (SSSR count). The molecule has 0 spiro atoms. The number of hydrogen-bond donors (Lipinski definition) is 0. The molecule has 0 bridgehead atoms. The van der Waals surface area contributed by atoms with Gasteiger partial charge in [0.2, 0.25) is 0 Å². The van der Waals surface area contributed by atoms with Gasteiger partial charge in [0.05, 0.1) is 17.6 Å². The highest BCUT2D eigenvalue weighted by molar-refractivity contribution is 7.99. The van der Waals surface area contributed by atoms with Gasteiger partial charge in [0.15, 0.2) is 0 Å². The average molecular weight is 345 g/mol. The highest BCUT2D eigenvalue weighted by Crippen LogP contribution is 2.34. The Bertz CT molecular complexity index is 652. The van der Waals surface area contributed by atoms with Crippen molar-refractivity contribution in [1.82, 2.24) is 4.90 Å². The Kier molecular flexibility index (Phi) is 5.51. The van der Waals surface area contributed by atoms with E-state index in [-0.39, 0.29) is 12.0 Å². The first-order valence-electron chi connectivity index (χ1n) is 8.34. The molecule has 1 aliphatic rings. The zero-order valence-corrected chi connectivity index (χ0v) is 14.9. The number of thioether (sulfide) groups is 1. The van der Waals surface area contributed by atoms with E-state index in [0.29, 0.717) is 10.8 Å². The fourth-order valence-corrected chi connectivity index (χ4v) is 3.99. The summed E-state index contributed by atoms with van der Waals surface area (Å²) in [5, 5.41) is 0.333. The van der Waals surface area contributed by atoms with Gasteiger partial charge in [-0.2, -0.15) is 0 Å². The lowest BCUT2D eigenvalue weighted by Gasteiger charge is -2.20. The summed E-state index contributed by atoms with van der Waals surface area (Å²) in [5.41, 5.74) is 0.715. The minimum absolute atomic E-state index is 0.0896. The van der Waals surface area contributed by atoms with Crippen molar-refractivity contribution in [2.75, 3.05) is 18.8 Å². The second-order valence-corrected chi connectivity index (χ2v) is 7.46. The molecular weight excluding hydrogens is 322 g/mol. The molecule has 1 fully saturated rings. The van der Waals surface area contributed by atoms with E-state index in [1.54, 1.807) is 6.26 Å². The molecule has 1 aliphatic heterocycles. The van der Waals surface area contributed by atoms with Crippen LogP contribution in [0.25, 0.3) is 0 Å². The smallest absolute Gasteiger partial charge is 0.253 e. The lowest BCUT2D eigenvalue weighted by Crippen LogP contribution is -2.32. The Hall–Kier alpha value is -1.88. The van der Waals surface area contributed by atoms with E-state index in [1.165, 1.54) is 0 Å². The molecule has 5 heteroatoms. The topological polar surface area (TPSA) is 42.7 Å². The van der Waals surface area contributed by atoms with Crippen molar-refractivity contribution >= 4 is 17.7 Å². The minimum Gasteiger partial charge on any atom is -0.491 e. The van der Waals surface area contributed by atoms with E-state index in [0.717, 1.165) is 36.8 Å². The SMILES string of the molecule is CC(C)Oc1ccc(C(=O)N2CCSC(c3ccco3)CC2)cc1. The molecule has 1 unspecified atom stereocenters. The second kappa shape index (κ2) is 7.79. The number of carbonyl (C=O) groups is 1. The largest absolute Gasteiger partial charge is 0.491 e. The van der Waals surface area contributed by atoms with Crippen LogP contribution in [0.4, 0.5) is 0 Å². The number of carbonyl (C=O) groups excluding carboxylic acids is 1. The molecule has 0 N–H and O–H groups in total. The third kappa shape index (κ3) is 4.15. The standard InChI is InChI=1S/C19H23NO3S/c1-14(2)23-16-7-5-15(6-8-16)19(21)20-10-9-18(24-13-11-20)17-4-3-12-22-17/h3-8,12,14,18H,9-11,13H2,1-2H3. The molecule has 1 atom stereocenters. The van der Waals surface area contributed by atoms with E-state index < -0.39 is 0 Å². The number of nitrogens with zero attached hydrogens (tertiary/aromatic N) is 1. The first-order chi connectivity index (χ1) is 11.6. The van der Waals surface area contributed by atoms with E-state index in [1.807, 2.05) is 66.9 Å². The summed E-state index contributed by atoms with van der Waals surface area (Å²) in [7, 11) is 0. The lowest BCUT2D eigenvalue weighted by atomic mass is 10.1. The number of ether oxygens (including phenoxy) is 1. The first-order valence-corrected chi connectivity index (χ1v) is 9.39. The van der Waals surface area contributed by atoms with Crippen LogP contribution in [-0.2, 0) is 0 Å². The van der Waals surface area contributed by atoms with Gasteiger partial charge in [-0.25, -0.2) is 0 Å². The summed E-state index contributed by atoms with van der Waals surface area (Å²) in [6.07, 6.45) is 2.76. The van der Waals surface area contributed by atoms with Gasteiger partial charge in [-0.05, 0) is 56.7 Å². The summed E-state index contributed by atoms with van der Waals surface area (Å²) in [4.78, 5) is 14.7. The zero-order chi connectivity index (χ0) is 16.9. The Labute approximate surface area is 147 Å². The quantitative estimate of drug-likeness (QED) is 0.824. The molecule has 1 amide bonds. The summed E-state index contributed by atoms with van der Waals surface area (Å²) in [6.45, 7) is 5.50. The minimum atomic E-state index is 0.0896. The van der Waals surface area contributed by atoms with E-state index in [2.05, 4.69) is 0 Å². The summed E-state index contributed by atoms with van der Waals surface area (Å²) in [6, 6.07) is 11.4. The van der Waals surface area contributed by atoms with Crippen molar-refractivity contribution in [2.45, 2.75) is 31.6 Å². The molecule has 0 saturated carbocycles. The molecule has 1 saturated heterocycles. The van der Waals surface area contributed by atoms with Crippen LogP contribution in [0.5, 0.6) is 5.75 Å².